The van der Waals surface area contributed by atoms with E-state index in [4.69, 9.17) is 9.29 Å². The van der Waals surface area contributed by atoms with E-state index in [-0.39, 0.29) is 16.8 Å². The maximum absolute atomic E-state index is 11.0. The minimum Gasteiger partial charge on any atom is -0.362 e. The quantitative estimate of drug-likeness (QED) is 0.599. The van der Waals surface area contributed by atoms with Crippen LogP contribution in [0.5, 0.6) is 0 Å². The standard InChI is InChI=1S/C9H12NO4S/c1-7(14-2)10-8-5-3-4-6-9(8)15(11,12)13/h3,5-7,10H,1-2H3,(H,11,12,13). The van der Waals surface area contributed by atoms with Gasteiger partial charge < -0.3 is 10.1 Å². The highest BCUT2D eigenvalue weighted by molar-refractivity contribution is 7.86. The molecule has 1 aromatic carbocycles. The fraction of sp³-hybridized carbons (Fsp3) is 0.333. The molecule has 0 saturated heterocycles. The van der Waals surface area contributed by atoms with Crippen LogP contribution in [0.4, 0.5) is 5.69 Å². The molecule has 0 heterocycles. The Balaban J connectivity index is 3.08. The van der Waals surface area contributed by atoms with E-state index in [0.29, 0.717) is 0 Å². The van der Waals surface area contributed by atoms with Crippen molar-refractivity contribution in [2.45, 2.75) is 18.0 Å². The van der Waals surface area contributed by atoms with E-state index < -0.39 is 10.1 Å². The normalized spacial score (nSPS) is 13.5. The van der Waals surface area contributed by atoms with Crippen molar-refractivity contribution in [1.29, 1.82) is 0 Å². The predicted octanol–water partition coefficient (Wildman–Crippen LogP) is 1.14. The summed E-state index contributed by atoms with van der Waals surface area (Å²) in [6.07, 6.45) is -0.354. The summed E-state index contributed by atoms with van der Waals surface area (Å²) in [6, 6.07) is 6.81. The molecule has 83 valence electrons. The Kier molecular flexibility index (Phi) is 3.67. The molecule has 0 fully saturated rings. The van der Waals surface area contributed by atoms with Crippen LogP contribution in [-0.2, 0) is 14.9 Å². The molecule has 1 rings (SSSR count). The third-order valence-corrected chi connectivity index (χ3v) is 2.71. The smallest absolute Gasteiger partial charge is 0.296 e. The van der Waals surface area contributed by atoms with Gasteiger partial charge in [0.25, 0.3) is 10.1 Å². The highest BCUT2D eigenvalue weighted by Gasteiger charge is 2.15. The van der Waals surface area contributed by atoms with Gasteiger partial charge in [-0.25, -0.2) is 0 Å². The second-order valence-corrected chi connectivity index (χ2v) is 4.31. The van der Waals surface area contributed by atoms with E-state index >= 15 is 0 Å². The zero-order valence-electron chi connectivity index (χ0n) is 8.39. The minimum atomic E-state index is -4.24. The van der Waals surface area contributed by atoms with E-state index in [1.165, 1.54) is 19.2 Å². The molecule has 15 heavy (non-hydrogen) atoms. The largest absolute Gasteiger partial charge is 0.362 e. The van der Waals surface area contributed by atoms with Crippen molar-refractivity contribution in [3.05, 3.63) is 24.3 Å². The van der Waals surface area contributed by atoms with E-state index in [0.717, 1.165) is 0 Å². The van der Waals surface area contributed by atoms with Crippen LogP contribution in [0, 0.1) is 6.07 Å². The SMILES string of the molecule is COC(C)Nc1cc[c]cc1S(=O)(=O)O. The van der Waals surface area contributed by atoms with Crippen LogP contribution < -0.4 is 5.32 Å². The molecule has 5 nitrogen and oxygen atoms in total. The summed E-state index contributed by atoms with van der Waals surface area (Å²) in [7, 11) is -2.75. The van der Waals surface area contributed by atoms with Crippen LogP contribution in [0.3, 0.4) is 0 Å². The Hall–Kier alpha value is -1.11. The predicted molar refractivity (Wildman–Crippen MR) is 55.2 cm³/mol. The first-order chi connectivity index (χ1) is 6.95. The first-order valence-corrected chi connectivity index (χ1v) is 5.66. The van der Waals surface area contributed by atoms with Gasteiger partial charge in [0.15, 0.2) is 0 Å². The molecular weight excluding hydrogens is 218 g/mol. The number of nitrogens with one attached hydrogen (secondary N) is 1. The van der Waals surface area contributed by atoms with E-state index in [9.17, 15) is 8.42 Å². The summed E-state index contributed by atoms with van der Waals surface area (Å²) < 4.78 is 35.8. The first-order valence-electron chi connectivity index (χ1n) is 4.22. The van der Waals surface area contributed by atoms with Gasteiger partial charge in [-0.15, -0.1) is 0 Å². The second kappa shape index (κ2) is 4.61. The van der Waals surface area contributed by atoms with Crippen molar-refractivity contribution < 1.29 is 17.7 Å². The van der Waals surface area contributed by atoms with Crippen LogP contribution in [0.25, 0.3) is 0 Å². The summed E-state index contributed by atoms with van der Waals surface area (Å²) in [5.41, 5.74) is 0.283. The van der Waals surface area contributed by atoms with Gasteiger partial charge in [-0.05, 0) is 25.1 Å². The molecule has 0 aliphatic rings. The molecule has 1 radical (unpaired) electrons. The van der Waals surface area contributed by atoms with Gasteiger partial charge in [0.05, 0.1) is 5.69 Å². The Labute approximate surface area is 88.8 Å². The van der Waals surface area contributed by atoms with Crippen LogP contribution in [-0.4, -0.2) is 26.3 Å². The lowest BCUT2D eigenvalue weighted by Crippen LogP contribution is -2.18. The van der Waals surface area contributed by atoms with Crippen molar-refractivity contribution in [3.63, 3.8) is 0 Å². The number of ether oxygens (including phenoxy) is 1. The second-order valence-electron chi connectivity index (χ2n) is 2.92. The monoisotopic (exact) mass is 230 g/mol. The zero-order valence-corrected chi connectivity index (χ0v) is 9.21. The highest BCUT2D eigenvalue weighted by Crippen LogP contribution is 2.20. The molecule has 0 spiro atoms. The minimum absolute atomic E-state index is 0.214. The fourth-order valence-electron chi connectivity index (χ4n) is 1.03. The number of rotatable bonds is 4. The molecule has 1 aromatic rings. The summed E-state index contributed by atoms with van der Waals surface area (Å²) in [5.74, 6) is 0. The number of anilines is 1. The lowest BCUT2D eigenvalue weighted by Gasteiger charge is -2.15. The lowest BCUT2D eigenvalue weighted by molar-refractivity contribution is 0.141. The third kappa shape index (κ3) is 3.19. The van der Waals surface area contributed by atoms with Crippen LogP contribution in [0.1, 0.15) is 6.92 Å². The molecule has 0 aliphatic heterocycles. The average Bonchev–Trinajstić information content (AvgIpc) is 2.17. The Bertz CT molecular complexity index is 429. The van der Waals surface area contributed by atoms with Crippen LogP contribution >= 0.6 is 0 Å². The number of hydrogen-bond acceptors (Lipinski definition) is 4. The van der Waals surface area contributed by atoms with Gasteiger partial charge in [-0.3, -0.25) is 4.55 Å². The van der Waals surface area contributed by atoms with Gasteiger partial charge in [-0.2, -0.15) is 8.42 Å². The van der Waals surface area contributed by atoms with Gasteiger partial charge >= 0.3 is 0 Å². The van der Waals surface area contributed by atoms with Gasteiger partial charge in [0.1, 0.15) is 11.1 Å². The van der Waals surface area contributed by atoms with Crippen molar-refractivity contribution in [1.82, 2.24) is 0 Å². The first kappa shape index (κ1) is 12.0. The molecule has 2 N–H and O–H groups in total. The summed E-state index contributed by atoms with van der Waals surface area (Å²) >= 11 is 0. The van der Waals surface area contributed by atoms with Crippen molar-refractivity contribution in [3.8, 4) is 0 Å². The topological polar surface area (TPSA) is 75.6 Å². The van der Waals surface area contributed by atoms with Gasteiger partial charge in [-0.1, -0.05) is 6.07 Å². The maximum atomic E-state index is 11.0. The van der Waals surface area contributed by atoms with E-state index in [2.05, 4.69) is 11.4 Å². The van der Waals surface area contributed by atoms with Crippen molar-refractivity contribution >= 4 is 15.8 Å². The highest BCUT2D eigenvalue weighted by atomic mass is 32.2. The van der Waals surface area contributed by atoms with Crippen molar-refractivity contribution in [2.75, 3.05) is 12.4 Å². The molecule has 0 aromatic heterocycles. The van der Waals surface area contributed by atoms with E-state index in [1.54, 1.807) is 13.0 Å². The third-order valence-electron chi connectivity index (χ3n) is 1.82. The molecule has 1 unspecified atom stereocenters. The molecule has 0 bridgehead atoms. The Morgan fingerprint density at radius 1 is 1.60 bits per heavy atom. The molecule has 1 atom stereocenters. The fourth-order valence-corrected chi connectivity index (χ4v) is 1.65. The van der Waals surface area contributed by atoms with Crippen LogP contribution in [0.2, 0.25) is 0 Å². The van der Waals surface area contributed by atoms with E-state index in [1.807, 2.05) is 0 Å². The molecule has 0 saturated carbocycles. The summed E-state index contributed by atoms with van der Waals surface area (Å²) in [5, 5.41) is 2.79. The number of methoxy groups -OCH3 is 1. The maximum Gasteiger partial charge on any atom is 0.296 e. The van der Waals surface area contributed by atoms with Gasteiger partial charge in [0.2, 0.25) is 0 Å². The molecule has 0 amide bonds. The van der Waals surface area contributed by atoms with Crippen molar-refractivity contribution in [2.24, 2.45) is 0 Å². The lowest BCUT2D eigenvalue weighted by atomic mass is 10.3. The summed E-state index contributed by atoms with van der Waals surface area (Å²) in [6.45, 7) is 1.71. The number of benzene rings is 1. The molecular formula is C9H12NO4S. The zero-order chi connectivity index (χ0) is 11.5. The number of hydrogen-bond donors (Lipinski definition) is 2. The average molecular weight is 230 g/mol. The molecule has 0 aliphatic carbocycles. The Morgan fingerprint density at radius 2 is 2.27 bits per heavy atom. The Morgan fingerprint density at radius 3 is 2.80 bits per heavy atom. The molecule has 6 heteroatoms. The van der Waals surface area contributed by atoms with Gasteiger partial charge in [0, 0.05) is 7.11 Å². The van der Waals surface area contributed by atoms with Crippen LogP contribution in [0.15, 0.2) is 23.1 Å². The summed E-state index contributed by atoms with van der Waals surface area (Å²) in [4.78, 5) is -0.214.